The van der Waals surface area contributed by atoms with E-state index in [4.69, 9.17) is 0 Å². The van der Waals surface area contributed by atoms with E-state index >= 15 is 0 Å². The fraction of sp³-hybridized carbons (Fsp3) is 0.267. The minimum absolute atomic E-state index is 0.0267. The van der Waals surface area contributed by atoms with Crippen molar-refractivity contribution in [3.63, 3.8) is 0 Å². The topological polar surface area (TPSA) is 44.4 Å². The summed E-state index contributed by atoms with van der Waals surface area (Å²) in [5.41, 5.74) is 1.94. The molecule has 1 saturated heterocycles. The number of amides is 2. The highest BCUT2D eigenvalue weighted by molar-refractivity contribution is 9.10. The lowest BCUT2D eigenvalue weighted by atomic mass is 10.2. The zero-order valence-corrected chi connectivity index (χ0v) is 14.0. The Bertz CT molecular complexity index is 658. The van der Waals surface area contributed by atoms with Crippen molar-refractivity contribution in [2.75, 3.05) is 23.3 Å². The minimum Gasteiger partial charge on any atom is -0.378 e. The summed E-state index contributed by atoms with van der Waals surface area (Å²) in [5, 5.41) is 8.38. The molecule has 2 amide bonds. The molecule has 1 aliphatic rings. The second-order valence-electron chi connectivity index (χ2n) is 4.93. The molecule has 1 unspecified atom stereocenters. The lowest BCUT2D eigenvalue weighted by Gasteiger charge is -2.18. The molecule has 0 aliphatic carbocycles. The highest BCUT2D eigenvalue weighted by atomic mass is 79.9. The Hall–Kier alpha value is -1.53. The summed E-state index contributed by atoms with van der Waals surface area (Å²) < 4.78 is 1.13. The Morgan fingerprint density at radius 2 is 2.29 bits per heavy atom. The van der Waals surface area contributed by atoms with Gasteiger partial charge in [0.15, 0.2) is 0 Å². The van der Waals surface area contributed by atoms with E-state index in [1.807, 2.05) is 24.3 Å². The van der Waals surface area contributed by atoms with Gasteiger partial charge in [-0.1, -0.05) is 6.07 Å². The van der Waals surface area contributed by atoms with E-state index in [9.17, 15) is 4.79 Å². The summed E-state index contributed by atoms with van der Waals surface area (Å²) in [6.07, 6.45) is 0. The van der Waals surface area contributed by atoms with Gasteiger partial charge in [-0.2, -0.15) is 0 Å². The Balaban J connectivity index is 1.77. The van der Waals surface area contributed by atoms with Crippen LogP contribution >= 0.6 is 27.3 Å². The number of thiophene rings is 1. The monoisotopic (exact) mass is 365 g/mol. The normalized spacial score (nSPS) is 15.9. The van der Waals surface area contributed by atoms with Crippen molar-refractivity contribution >= 4 is 44.7 Å². The number of carbonyl (C=O) groups is 1. The van der Waals surface area contributed by atoms with Crippen LogP contribution in [0.15, 0.2) is 40.2 Å². The van der Waals surface area contributed by atoms with E-state index in [0.29, 0.717) is 13.1 Å². The van der Waals surface area contributed by atoms with E-state index in [-0.39, 0.29) is 12.1 Å². The molecule has 3 rings (SSSR count). The minimum atomic E-state index is -0.0267. The molecule has 0 radical (unpaired) electrons. The maximum atomic E-state index is 11.7. The van der Waals surface area contributed by atoms with Crippen LogP contribution in [0.3, 0.4) is 0 Å². The predicted molar refractivity (Wildman–Crippen MR) is 91.2 cm³/mol. The molecule has 1 aromatic heterocycles. The Morgan fingerprint density at radius 3 is 2.95 bits per heavy atom. The van der Waals surface area contributed by atoms with Crippen LogP contribution in [0.2, 0.25) is 0 Å². The molecule has 1 atom stereocenters. The van der Waals surface area contributed by atoms with Crippen molar-refractivity contribution in [1.29, 1.82) is 0 Å². The maximum Gasteiger partial charge on any atom is 0.321 e. The highest BCUT2D eigenvalue weighted by Crippen LogP contribution is 2.31. The number of hydrogen-bond acceptors (Lipinski definition) is 3. The number of carbonyl (C=O) groups excluding carboxylic acids is 1. The van der Waals surface area contributed by atoms with Crippen LogP contribution in [0.1, 0.15) is 17.8 Å². The fourth-order valence-corrected chi connectivity index (χ4v) is 4.14. The maximum absolute atomic E-state index is 11.7. The van der Waals surface area contributed by atoms with Gasteiger partial charge in [-0.25, -0.2) is 4.79 Å². The predicted octanol–water partition coefficient (Wildman–Crippen LogP) is 4.21. The van der Waals surface area contributed by atoms with Crippen molar-refractivity contribution in [1.82, 2.24) is 5.32 Å². The van der Waals surface area contributed by atoms with Gasteiger partial charge in [-0.15, -0.1) is 11.3 Å². The molecule has 0 spiro atoms. The smallest absolute Gasteiger partial charge is 0.321 e. The summed E-state index contributed by atoms with van der Waals surface area (Å²) >= 11 is 5.29. The number of hydrogen-bond donors (Lipinski definition) is 2. The van der Waals surface area contributed by atoms with Crippen LogP contribution in [0, 0.1) is 0 Å². The largest absolute Gasteiger partial charge is 0.378 e. The molecule has 2 N–H and O–H groups in total. The summed E-state index contributed by atoms with van der Waals surface area (Å²) in [6, 6.07) is 10.2. The van der Waals surface area contributed by atoms with Crippen LogP contribution in [-0.2, 0) is 0 Å². The lowest BCUT2D eigenvalue weighted by Crippen LogP contribution is -2.27. The van der Waals surface area contributed by atoms with Crippen molar-refractivity contribution in [2.24, 2.45) is 0 Å². The van der Waals surface area contributed by atoms with Gasteiger partial charge in [-0.05, 0) is 52.5 Å². The molecule has 1 aliphatic heterocycles. The van der Waals surface area contributed by atoms with E-state index in [0.717, 1.165) is 15.8 Å². The zero-order valence-electron chi connectivity index (χ0n) is 11.6. The highest BCUT2D eigenvalue weighted by Gasteiger charge is 2.21. The van der Waals surface area contributed by atoms with E-state index in [1.54, 1.807) is 16.2 Å². The second kappa shape index (κ2) is 6.07. The van der Waals surface area contributed by atoms with Gasteiger partial charge in [0.1, 0.15) is 0 Å². The Morgan fingerprint density at radius 1 is 1.43 bits per heavy atom. The standard InChI is InChI=1S/C15H16BrN3OS/c1-10(14-13(16)5-8-21-14)18-11-3-2-4-12(9-11)19-7-6-17-15(19)20/h2-5,8-10,18H,6-7H2,1H3,(H,17,20). The van der Waals surface area contributed by atoms with Crippen LogP contribution in [0.5, 0.6) is 0 Å². The van der Waals surface area contributed by atoms with Crippen molar-refractivity contribution in [3.8, 4) is 0 Å². The van der Waals surface area contributed by atoms with Gasteiger partial charge in [0.25, 0.3) is 0 Å². The molecule has 0 bridgehead atoms. The number of urea groups is 1. The van der Waals surface area contributed by atoms with Gasteiger partial charge in [0, 0.05) is 33.8 Å². The molecule has 110 valence electrons. The van der Waals surface area contributed by atoms with Crippen LogP contribution in [0.25, 0.3) is 0 Å². The number of rotatable bonds is 4. The third-order valence-corrected chi connectivity index (χ3v) is 5.49. The van der Waals surface area contributed by atoms with E-state index in [1.165, 1.54) is 4.88 Å². The van der Waals surface area contributed by atoms with Crippen molar-refractivity contribution in [3.05, 3.63) is 45.1 Å². The van der Waals surface area contributed by atoms with E-state index < -0.39 is 0 Å². The fourth-order valence-electron chi connectivity index (χ4n) is 2.41. The van der Waals surface area contributed by atoms with Gasteiger partial charge in [0.05, 0.1) is 6.04 Å². The summed E-state index contributed by atoms with van der Waals surface area (Å²) in [5.74, 6) is 0. The van der Waals surface area contributed by atoms with Crippen molar-refractivity contribution in [2.45, 2.75) is 13.0 Å². The van der Waals surface area contributed by atoms with Crippen LogP contribution in [0.4, 0.5) is 16.2 Å². The third-order valence-electron chi connectivity index (χ3n) is 3.44. The molecule has 4 nitrogen and oxygen atoms in total. The first-order valence-corrected chi connectivity index (χ1v) is 8.47. The molecule has 21 heavy (non-hydrogen) atoms. The average molecular weight is 366 g/mol. The Labute approximate surface area is 136 Å². The second-order valence-corrected chi connectivity index (χ2v) is 6.73. The lowest BCUT2D eigenvalue weighted by molar-refractivity contribution is 0.252. The number of benzene rings is 1. The van der Waals surface area contributed by atoms with Crippen LogP contribution < -0.4 is 15.5 Å². The van der Waals surface area contributed by atoms with E-state index in [2.05, 4.69) is 44.9 Å². The zero-order chi connectivity index (χ0) is 14.8. The van der Waals surface area contributed by atoms with Gasteiger partial charge in [0.2, 0.25) is 0 Å². The summed E-state index contributed by atoms with van der Waals surface area (Å²) in [7, 11) is 0. The Kier molecular flexibility index (Phi) is 4.17. The van der Waals surface area contributed by atoms with Gasteiger partial charge >= 0.3 is 6.03 Å². The summed E-state index contributed by atoms with van der Waals surface area (Å²) in [4.78, 5) is 14.8. The first kappa shape index (κ1) is 14.4. The SMILES string of the molecule is CC(Nc1cccc(N2CCNC2=O)c1)c1sccc1Br. The third kappa shape index (κ3) is 3.06. The quantitative estimate of drug-likeness (QED) is 0.851. The molecule has 0 saturated carbocycles. The summed E-state index contributed by atoms with van der Waals surface area (Å²) in [6.45, 7) is 3.55. The van der Waals surface area contributed by atoms with Crippen LogP contribution in [-0.4, -0.2) is 19.1 Å². The molecule has 2 aromatic rings. The molecule has 2 heterocycles. The molecular weight excluding hydrogens is 350 g/mol. The number of anilines is 2. The first-order valence-electron chi connectivity index (χ1n) is 6.80. The number of nitrogens with zero attached hydrogens (tertiary/aromatic N) is 1. The molecular formula is C15H16BrN3OS. The molecule has 6 heteroatoms. The van der Waals surface area contributed by atoms with Crippen molar-refractivity contribution < 1.29 is 4.79 Å². The first-order chi connectivity index (χ1) is 10.1. The average Bonchev–Trinajstić information content (AvgIpc) is 3.07. The van der Waals surface area contributed by atoms with Gasteiger partial charge < -0.3 is 10.6 Å². The number of halogens is 1. The molecule has 1 aromatic carbocycles. The number of nitrogens with one attached hydrogen (secondary N) is 2. The van der Waals surface area contributed by atoms with Gasteiger partial charge in [-0.3, -0.25) is 4.90 Å². The molecule has 1 fully saturated rings.